The van der Waals surface area contributed by atoms with Gasteiger partial charge in [0.15, 0.2) is 5.11 Å². The summed E-state index contributed by atoms with van der Waals surface area (Å²) in [5.41, 5.74) is 2.76. The maximum Gasteiger partial charge on any atom is 0.244 e. The number of hydrogen-bond acceptors (Lipinski definition) is 3. The lowest BCUT2D eigenvalue weighted by atomic mass is 9.99. The molecular weight excluding hydrogens is 394 g/mol. The highest BCUT2D eigenvalue weighted by molar-refractivity contribution is 7.80. The Morgan fingerprint density at radius 1 is 1.17 bits per heavy atom. The molecule has 0 aliphatic carbocycles. The van der Waals surface area contributed by atoms with Crippen LogP contribution in [0, 0.1) is 0 Å². The molecule has 0 spiro atoms. The second-order valence-electron chi connectivity index (χ2n) is 7.65. The highest BCUT2D eigenvalue weighted by Gasteiger charge is 2.41. The van der Waals surface area contributed by atoms with Crippen LogP contribution in [0.25, 0.3) is 0 Å². The van der Waals surface area contributed by atoms with Crippen molar-refractivity contribution in [1.29, 1.82) is 0 Å². The summed E-state index contributed by atoms with van der Waals surface area (Å²) in [5.74, 6) is -0.111. The fourth-order valence-corrected chi connectivity index (χ4v) is 4.05. The van der Waals surface area contributed by atoms with Crippen LogP contribution in [-0.2, 0) is 4.79 Å². The monoisotopic (exact) mass is 419 g/mol. The lowest BCUT2D eigenvalue weighted by Crippen LogP contribution is -2.37. The van der Waals surface area contributed by atoms with Gasteiger partial charge in [-0.2, -0.15) is 0 Å². The Hall–Kier alpha value is -3.19. The first-order valence-electron chi connectivity index (χ1n) is 10.0. The largest absolute Gasteiger partial charge is 0.352 e. The van der Waals surface area contributed by atoms with Gasteiger partial charge in [-0.3, -0.25) is 9.78 Å². The van der Waals surface area contributed by atoms with Crippen molar-refractivity contribution < 1.29 is 4.79 Å². The van der Waals surface area contributed by atoms with E-state index in [4.69, 9.17) is 12.2 Å². The number of carbonyl (C=O) groups is 1. The number of anilines is 1. The summed E-state index contributed by atoms with van der Waals surface area (Å²) in [5, 5.41) is 6.88. The number of carbonyl (C=O) groups excluding carboxylic acids is 1. The van der Waals surface area contributed by atoms with E-state index in [2.05, 4.69) is 52.5 Å². The minimum Gasteiger partial charge on any atom is -0.352 e. The van der Waals surface area contributed by atoms with Crippen LogP contribution < -0.4 is 10.6 Å². The van der Waals surface area contributed by atoms with Crippen molar-refractivity contribution in [2.24, 2.45) is 0 Å². The average molecular weight is 420 g/mol. The normalized spacial score (nSPS) is 18.5. The van der Waals surface area contributed by atoms with Crippen molar-refractivity contribution in [2.75, 3.05) is 11.9 Å². The standard InChI is InChI=1S/C23H25N5OS/c1-16(2)27-13-11-17(14-27)22-21(19-10-6-7-12-24-19)26-23(30)28(22)15-20(29)25-18-8-4-3-5-9-18/h3-14,16,21-22H,15H2,1-2H3,(H,25,29)(H,26,30)/t21-,22-/m1/s1. The average Bonchev–Trinajstić information content (AvgIpc) is 3.35. The van der Waals surface area contributed by atoms with E-state index in [1.54, 1.807) is 6.20 Å². The van der Waals surface area contributed by atoms with Crippen LogP contribution in [0.4, 0.5) is 5.69 Å². The quantitative estimate of drug-likeness (QED) is 0.590. The predicted octanol–water partition coefficient (Wildman–Crippen LogP) is 4.08. The van der Waals surface area contributed by atoms with Crippen LogP contribution in [0.15, 0.2) is 73.2 Å². The molecule has 1 fully saturated rings. The molecule has 154 valence electrons. The van der Waals surface area contributed by atoms with Crippen LogP contribution >= 0.6 is 12.2 Å². The van der Waals surface area contributed by atoms with E-state index >= 15 is 0 Å². The van der Waals surface area contributed by atoms with E-state index in [1.807, 2.05) is 53.4 Å². The van der Waals surface area contributed by atoms with Crippen LogP contribution in [0.3, 0.4) is 0 Å². The minimum absolute atomic E-state index is 0.111. The summed E-state index contributed by atoms with van der Waals surface area (Å²) in [6.45, 7) is 4.44. The van der Waals surface area contributed by atoms with Gasteiger partial charge in [0.1, 0.15) is 6.54 Å². The van der Waals surface area contributed by atoms with Gasteiger partial charge in [0.25, 0.3) is 0 Å². The molecule has 1 aromatic carbocycles. The zero-order valence-corrected chi connectivity index (χ0v) is 17.8. The first-order valence-corrected chi connectivity index (χ1v) is 10.4. The van der Waals surface area contributed by atoms with Gasteiger partial charge in [-0.05, 0) is 62.0 Å². The van der Waals surface area contributed by atoms with Gasteiger partial charge in [0.2, 0.25) is 5.91 Å². The van der Waals surface area contributed by atoms with Crippen LogP contribution in [0.1, 0.15) is 43.2 Å². The Balaban J connectivity index is 1.62. The van der Waals surface area contributed by atoms with Gasteiger partial charge in [-0.15, -0.1) is 0 Å². The summed E-state index contributed by atoms with van der Waals surface area (Å²) >= 11 is 5.64. The number of pyridine rings is 1. The zero-order chi connectivity index (χ0) is 21.1. The molecule has 1 saturated heterocycles. The van der Waals surface area contributed by atoms with Crippen LogP contribution in [0.2, 0.25) is 0 Å². The second kappa shape index (κ2) is 8.67. The molecule has 0 unspecified atom stereocenters. The minimum atomic E-state index is -0.133. The molecule has 1 aliphatic rings. The van der Waals surface area contributed by atoms with Gasteiger partial charge in [-0.1, -0.05) is 24.3 Å². The third kappa shape index (κ3) is 4.21. The Bertz CT molecular complexity index is 1020. The molecule has 1 aliphatic heterocycles. The zero-order valence-electron chi connectivity index (χ0n) is 17.0. The molecule has 3 heterocycles. The number of amides is 1. The van der Waals surface area contributed by atoms with Gasteiger partial charge in [0, 0.05) is 30.3 Å². The van der Waals surface area contributed by atoms with Crippen molar-refractivity contribution >= 4 is 28.9 Å². The highest BCUT2D eigenvalue weighted by atomic mass is 32.1. The SMILES string of the molecule is CC(C)n1ccc([C@@H]2[C@@H](c3ccccn3)NC(=S)N2CC(=O)Nc2ccccc2)c1. The van der Waals surface area contributed by atoms with Crippen molar-refractivity contribution in [3.63, 3.8) is 0 Å². The molecule has 2 N–H and O–H groups in total. The molecular formula is C23H25N5OS. The first kappa shape index (κ1) is 20.1. The number of aromatic nitrogens is 2. The van der Waals surface area contributed by atoms with E-state index in [1.165, 1.54) is 0 Å². The van der Waals surface area contributed by atoms with E-state index < -0.39 is 0 Å². The van der Waals surface area contributed by atoms with Gasteiger partial charge in [0.05, 0.1) is 17.8 Å². The van der Waals surface area contributed by atoms with E-state index in [0.717, 1.165) is 16.9 Å². The lowest BCUT2D eigenvalue weighted by molar-refractivity contribution is -0.116. The molecule has 6 nitrogen and oxygen atoms in total. The summed E-state index contributed by atoms with van der Waals surface area (Å²) < 4.78 is 2.16. The summed E-state index contributed by atoms with van der Waals surface area (Å²) in [6, 6.07) is 17.5. The Kier molecular flexibility index (Phi) is 5.81. The summed E-state index contributed by atoms with van der Waals surface area (Å²) in [6.07, 6.45) is 5.98. The second-order valence-corrected chi connectivity index (χ2v) is 8.04. The number of rotatable bonds is 6. The van der Waals surface area contributed by atoms with E-state index in [0.29, 0.717) is 11.2 Å². The third-order valence-electron chi connectivity index (χ3n) is 5.24. The van der Waals surface area contributed by atoms with Crippen LogP contribution in [-0.4, -0.2) is 32.0 Å². The van der Waals surface area contributed by atoms with Crippen molar-refractivity contribution in [3.8, 4) is 0 Å². The molecule has 7 heteroatoms. The first-order chi connectivity index (χ1) is 14.5. The number of hydrogen-bond donors (Lipinski definition) is 2. The van der Waals surface area contributed by atoms with Gasteiger partial charge < -0.3 is 20.1 Å². The number of nitrogens with zero attached hydrogens (tertiary/aromatic N) is 3. The maximum absolute atomic E-state index is 12.8. The highest BCUT2D eigenvalue weighted by Crippen LogP contribution is 2.38. The van der Waals surface area contributed by atoms with E-state index in [-0.39, 0.29) is 24.5 Å². The summed E-state index contributed by atoms with van der Waals surface area (Å²) in [4.78, 5) is 19.3. The molecule has 0 bridgehead atoms. The van der Waals surface area contributed by atoms with Crippen molar-refractivity contribution in [2.45, 2.75) is 32.0 Å². The Labute approximate surface area is 181 Å². The number of nitrogens with one attached hydrogen (secondary N) is 2. The van der Waals surface area contributed by atoms with Gasteiger partial charge >= 0.3 is 0 Å². The van der Waals surface area contributed by atoms with Crippen LogP contribution in [0.5, 0.6) is 0 Å². The fourth-order valence-electron chi connectivity index (χ4n) is 3.74. The Morgan fingerprint density at radius 2 is 1.93 bits per heavy atom. The fraction of sp³-hybridized carbons (Fsp3) is 0.261. The number of thiocarbonyl (C=S) groups is 1. The smallest absolute Gasteiger partial charge is 0.244 e. The topological polar surface area (TPSA) is 62.2 Å². The summed E-state index contributed by atoms with van der Waals surface area (Å²) in [7, 11) is 0. The molecule has 0 saturated carbocycles. The molecule has 30 heavy (non-hydrogen) atoms. The predicted molar refractivity (Wildman–Crippen MR) is 122 cm³/mol. The van der Waals surface area contributed by atoms with E-state index in [9.17, 15) is 4.79 Å². The molecule has 3 aromatic rings. The Morgan fingerprint density at radius 3 is 2.60 bits per heavy atom. The van der Waals surface area contributed by atoms with Gasteiger partial charge in [-0.25, -0.2) is 0 Å². The maximum atomic E-state index is 12.8. The van der Waals surface area contributed by atoms with Crippen molar-refractivity contribution in [3.05, 3.63) is 84.4 Å². The number of para-hydroxylation sites is 1. The molecule has 4 rings (SSSR count). The number of benzene rings is 1. The third-order valence-corrected chi connectivity index (χ3v) is 5.60. The lowest BCUT2D eigenvalue weighted by Gasteiger charge is -2.26. The molecule has 0 radical (unpaired) electrons. The van der Waals surface area contributed by atoms with Crippen molar-refractivity contribution in [1.82, 2.24) is 19.8 Å². The molecule has 2 aromatic heterocycles. The molecule has 2 atom stereocenters. The molecule has 1 amide bonds.